The van der Waals surface area contributed by atoms with E-state index >= 15 is 0 Å². The molecule has 0 aromatic carbocycles. The van der Waals surface area contributed by atoms with E-state index in [4.69, 9.17) is 15.9 Å². The highest BCUT2D eigenvalue weighted by Crippen LogP contribution is 2.21. The number of rotatable bonds is 0. The van der Waals surface area contributed by atoms with Gasteiger partial charge in [-0.05, 0) is 27.7 Å². The van der Waals surface area contributed by atoms with Gasteiger partial charge in [0, 0.05) is 6.54 Å². The summed E-state index contributed by atoms with van der Waals surface area (Å²) in [5, 5.41) is 0. The highest BCUT2D eigenvalue weighted by atomic mass is 16.6. The van der Waals surface area contributed by atoms with Crippen LogP contribution in [0.25, 0.3) is 0 Å². The molecule has 1 aliphatic heterocycles. The summed E-state index contributed by atoms with van der Waals surface area (Å²) >= 11 is 0. The van der Waals surface area contributed by atoms with Gasteiger partial charge in [0.25, 0.3) is 0 Å². The molecule has 1 saturated heterocycles. The van der Waals surface area contributed by atoms with Crippen molar-refractivity contribution in [2.75, 3.05) is 19.8 Å². The summed E-state index contributed by atoms with van der Waals surface area (Å²) in [6.45, 7) is 8.61. The third-order valence-electron chi connectivity index (χ3n) is 2.36. The number of hydrogen-bond acceptors (Lipinski definition) is 3. The Morgan fingerprint density at radius 3 is 2.69 bits per heavy atom. The van der Waals surface area contributed by atoms with Crippen molar-refractivity contribution in [3.8, 4) is 12.3 Å². The number of morpholine rings is 1. The second-order valence-corrected chi connectivity index (χ2v) is 5.10. The van der Waals surface area contributed by atoms with E-state index < -0.39 is 11.1 Å². The summed E-state index contributed by atoms with van der Waals surface area (Å²) < 4.78 is 10.6. The van der Waals surface area contributed by atoms with Gasteiger partial charge in [-0.25, -0.2) is 4.79 Å². The Morgan fingerprint density at radius 1 is 1.56 bits per heavy atom. The Kier molecular flexibility index (Phi) is 3.49. The standard InChI is InChI=1S/C12H19NO3/c1-6-12(5)9-15-8-7-13(12)10(14)16-11(2,3)4/h1H,7-9H2,2-5H3. The largest absolute Gasteiger partial charge is 0.444 e. The SMILES string of the molecule is C#CC1(C)COCCN1C(=O)OC(C)(C)C. The molecule has 0 radical (unpaired) electrons. The Hall–Kier alpha value is -1.21. The van der Waals surface area contributed by atoms with Crippen LogP contribution in [0.1, 0.15) is 27.7 Å². The van der Waals surface area contributed by atoms with Gasteiger partial charge in [-0.3, -0.25) is 4.90 Å². The zero-order valence-electron chi connectivity index (χ0n) is 10.4. The number of terminal acetylenes is 1. The van der Waals surface area contributed by atoms with Crippen molar-refractivity contribution in [3.05, 3.63) is 0 Å². The fraction of sp³-hybridized carbons (Fsp3) is 0.750. The quantitative estimate of drug-likeness (QED) is 0.588. The van der Waals surface area contributed by atoms with Crippen molar-refractivity contribution in [2.45, 2.75) is 38.8 Å². The van der Waals surface area contributed by atoms with Crippen LogP contribution in [0.5, 0.6) is 0 Å². The third-order valence-corrected chi connectivity index (χ3v) is 2.36. The van der Waals surface area contributed by atoms with Gasteiger partial charge in [-0.15, -0.1) is 6.42 Å². The maximum absolute atomic E-state index is 11.9. The number of amides is 1. The molecule has 1 rings (SSSR count). The van der Waals surface area contributed by atoms with E-state index in [0.717, 1.165) is 0 Å². The van der Waals surface area contributed by atoms with E-state index in [2.05, 4.69) is 5.92 Å². The van der Waals surface area contributed by atoms with Gasteiger partial charge in [-0.2, -0.15) is 0 Å². The van der Waals surface area contributed by atoms with E-state index in [0.29, 0.717) is 19.8 Å². The first-order chi connectivity index (χ1) is 7.28. The van der Waals surface area contributed by atoms with Crippen LogP contribution in [-0.2, 0) is 9.47 Å². The molecular formula is C12H19NO3. The molecule has 4 nitrogen and oxygen atoms in total. The van der Waals surface area contributed by atoms with Gasteiger partial charge < -0.3 is 9.47 Å². The molecule has 1 heterocycles. The fourth-order valence-corrected chi connectivity index (χ4v) is 1.48. The van der Waals surface area contributed by atoms with Crippen molar-refractivity contribution in [2.24, 2.45) is 0 Å². The predicted octanol–water partition coefficient (Wildman–Crippen LogP) is 1.65. The molecule has 1 unspecified atom stereocenters. The van der Waals surface area contributed by atoms with Crippen LogP contribution in [0.4, 0.5) is 4.79 Å². The Bertz CT molecular complexity index is 313. The maximum atomic E-state index is 11.9. The second-order valence-electron chi connectivity index (χ2n) is 5.10. The molecule has 0 bridgehead atoms. The fourth-order valence-electron chi connectivity index (χ4n) is 1.48. The maximum Gasteiger partial charge on any atom is 0.411 e. The molecule has 1 aliphatic rings. The molecule has 1 atom stereocenters. The van der Waals surface area contributed by atoms with E-state index in [9.17, 15) is 4.79 Å². The van der Waals surface area contributed by atoms with Crippen LogP contribution in [0.3, 0.4) is 0 Å². The summed E-state index contributed by atoms with van der Waals surface area (Å²) in [5.74, 6) is 2.60. The van der Waals surface area contributed by atoms with Crippen LogP contribution >= 0.6 is 0 Å². The number of nitrogens with zero attached hydrogens (tertiary/aromatic N) is 1. The van der Waals surface area contributed by atoms with Crippen molar-refractivity contribution in [1.82, 2.24) is 4.90 Å². The Balaban J connectivity index is 2.78. The monoisotopic (exact) mass is 225 g/mol. The Labute approximate surface area is 96.9 Å². The summed E-state index contributed by atoms with van der Waals surface area (Å²) in [7, 11) is 0. The molecule has 0 spiro atoms. The van der Waals surface area contributed by atoms with E-state index in [-0.39, 0.29) is 6.09 Å². The Morgan fingerprint density at radius 2 is 2.19 bits per heavy atom. The molecule has 0 aliphatic carbocycles. The van der Waals surface area contributed by atoms with Gasteiger partial charge in [0.15, 0.2) is 0 Å². The molecule has 0 N–H and O–H groups in total. The van der Waals surface area contributed by atoms with Crippen molar-refractivity contribution in [1.29, 1.82) is 0 Å². The number of hydrogen-bond donors (Lipinski definition) is 0. The minimum Gasteiger partial charge on any atom is -0.444 e. The summed E-state index contributed by atoms with van der Waals surface area (Å²) in [5.41, 5.74) is -1.22. The first-order valence-corrected chi connectivity index (χ1v) is 5.35. The third kappa shape index (κ3) is 2.89. The highest BCUT2D eigenvalue weighted by molar-refractivity contribution is 5.70. The molecule has 4 heteroatoms. The van der Waals surface area contributed by atoms with Crippen LogP contribution in [-0.4, -0.2) is 41.9 Å². The van der Waals surface area contributed by atoms with E-state index in [1.807, 2.05) is 20.8 Å². The van der Waals surface area contributed by atoms with Gasteiger partial charge >= 0.3 is 6.09 Å². The van der Waals surface area contributed by atoms with E-state index in [1.165, 1.54) is 0 Å². The minimum absolute atomic E-state index is 0.350. The predicted molar refractivity (Wildman–Crippen MR) is 61.0 cm³/mol. The van der Waals surface area contributed by atoms with Crippen molar-refractivity contribution < 1.29 is 14.3 Å². The first-order valence-electron chi connectivity index (χ1n) is 5.35. The normalized spacial score (nSPS) is 26.1. The summed E-state index contributed by atoms with van der Waals surface area (Å²) in [6.07, 6.45) is 5.07. The molecule has 0 aromatic heterocycles. The lowest BCUT2D eigenvalue weighted by Crippen LogP contribution is -2.57. The van der Waals surface area contributed by atoms with Gasteiger partial charge in [0.2, 0.25) is 0 Å². The van der Waals surface area contributed by atoms with Gasteiger partial charge in [0.1, 0.15) is 11.1 Å². The smallest absolute Gasteiger partial charge is 0.411 e. The zero-order chi connectivity index (χ0) is 12.4. The number of carbonyl (C=O) groups is 1. The average molecular weight is 225 g/mol. The first kappa shape index (κ1) is 12.9. The van der Waals surface area contributed by atoms with Crippen LogP contribution in [0.2, 0.25) is 0 Å². The lowest BCUT2D eigenvalue weighted by molar-refractivity contribution is -0.0482. The summed E-state index contributed by atoms with van der Waals surface area (Å²) in [6, 6.07) is 0. The zero-order valence-corrected chi connectivity index (χ0v) is 10.4. The molecule has 0 saturated carbocycles. The lowest BCUT2D eigenvalue weighted by atomic mass is 10.0. The molecular weight excluding hydrogens is 206 g/mol. The van der Waals surface area contributed by atoms with Gasteiger partial charge in [-0.1, -0.05) is 5.92 Å². The highest BCUT2D eigenvalue weighted by Gasteiger charge is 2.39. The molecule has 1 fully saturated rings. The van der Waals surface area contributed by atoms with Crippen LogP contribution in [0.15, 0.2) is 0 Å². The minimum atomic E-state index is -0.708. The van der Waals surface area contributed by atoms with Crippen molar-refractivity contribution >= 4 is 6.09 Å². The molecule has 90 valence electrons. The molecule has 0 aromatic rings. The second kappa shape index (κ2) is 4.34. The van der Waals surface area contributed by atoms with Crippen LogP contribution in [0, 0.1) is 12.3 Å². The number of ether oxygens (including phenoxy) is 2. The van der Waals surface area contributed by atoms with Gasteiger partial charge in [0.05, 0.1) is 13.2 Å². The lowest BCUT2D eigenvalue weighted by Gasteiger charge is -2.41. The molecule has 1 amide bonds. The van der Waals surface area contributed by atoms with Crippen molar-refractivity contribution in [3.63, 3.8) is 0 Å². The molecule has 16 heavy (non-hydrogen) atoms. The summed E-state index contributed by atoms with van der Waals surface area (Å²) in [4.78, 5) is 13.5. The average Bonchev–Trinajstić information content (AvgIpc) is 2.15. The van der Waals surface area contributed by atoms with Crippen LogP contribution < -0.4 is 0 Å². The number of carbonyl (C=O) groups excluding carboxylic acids is 1. The van der Waals surface area contributed by atoms with E-state index in [1.54, 1.807) is 11.8 Å². The topological polar surface area (TPSA) is 38.8 Å².